The molecule has 38 heavy (non-hydrogen) atoms. The average Bonchev–Trinajstić information content (AvgIpc) is 3.51. The Bertz CT molecular complexity index is 2070. The maximum Gasteiger partial charge on any atom is 0.160 e. The summed E-state index contributed by atoms with van der Waals surface area (Å²) in [5, 5.41) is 13.7. The van der Waals surface area contributed by atoms with Crippen molar-refractivity contribution >= 4 is 55.8 Å². The van der Waals surface area contributed by atoms with Crippen LogP contribution in [-0.4, -0.2) is 10.9 Å². The summed E-state index contributed by atoms with van der Waals surface area (Å²) in [6, 6.07) is 37.8. The topological polar surface area (TPSA) is 80.2 Å². The molecule has 0 radical (unpaired) electrons. The summed E-state index contributed by atoms with van der Waals surface area (Å²) in [6.45, 7) is 0. The second-order valence-electron chi connectivity index (χ2n) is 9.34. The smallest absolute Gasteiger partial charge is 0.160 e. The van der Waals surface area contributed by atoms with Crippen LogP contribution in [-0.2, 0) is 0 Å². The first-order chi connectivity index (χ1) is 18.7. The molecule has 7 aromatic rings. The maximum absolute atomic E-state index is 9.33. The highest BCUT2D eigenvalue weighted by atomic mass is 16.3. The van der Waals surface area contributed by atoms with Gasteiger partial charge in [0.15, 0.2) is 5.58 Å². The molecular formula is C33H22N4O. The zero-order valence-corrected chi connectivity index (χ0v) is 20.4. The first kappa shape index (κ1) is 22.1. The molecule has 0 saturated carbocycles. The molecule has 180 valence electrons. The maximum atomic E-state index is 9.33. The molecule has 0 aliphatic heterocycles. The van der Waals surface area contributed by atoms with Crippen molar-refractivity contribution in [3.63, 3.8) is 0 Å². The van der Waals surface area contributed by atoms with E-state index in [-0.39, 0.29) is 0 Å². The van der Waals surface area contributed by atoms with Crippen LogP contribution in [0.3, 0.4) is 0 Å². The highest BCUT2D eigenvalue weighted by Crippen LogP contribution is 2.38. The Morgan fingerprint density at radius 1 is 0.789 bits per heavy atom. The standard InChI is InChI=1S/C33H22N4O/c34-19-21-8-7-9-22(18-21)31(35)27-12-1-4-13-28(27)36-20-37-29-14-5-2-10-23(29)25-16-17-26-24-11-3-6-15-30(24)38-33(26)32(25)37/h1-18,20,31H,35H2. The Labute approximate surface area is 218 Å². The van der Waals surface area contributed by atoms with Crippen LogP contribution in [0.15, 0.2) is 119 Å². The minimum Gasteiger partial charge on any atom is -0.454 e. The number of benzene rings is 5. The molecule has 5 aromatic carbocycles. The molecule has 0 aliphatic rings. The number of hydrogen-bond donors (Lipinski definition) is 1. The van der Waals surface area contributed by atoms with Gasteiger partial charge in [-0.25, -0.2) is 4.99 Å². The van der Waals surface area contributed by atoms with Crippen molar-refractivity contribution in [1.29, 1.82) is 5.26 Å². The van der Waals surface area contributed by atoms with Gasteiger partial charge in [-0.15, -0.1) is 0 Å². The first-order valence-electron chi connectivity index (χ1n) is 12.4. The molecule has 0 fully saturated rings. The van der Waals surface area contributed by atoms with Crippen LogP contribution in [0, 0.1) is 11.3 Å². The van der Waals surface area contributed by atoms with E-state index in [1.165, 1.54) is 0 Å². The Morgan fingerprint density at radius 2 is 1.55 bits per heavy atom. The van der Waals surface area contributed by atoms with Gasteiger partial charge in [-0.05, 0) is 47.5 Å². The fraction of sp³-hybridized carbons (Fsp3) is 0.0303. The van der Waals surface area contributed by atoms with Crippen molar-refractivity contribution < 1.29 is 4.42 Å². The van der Waals surface area contributed by atoms with Crippen LogP contribution >= 0.6 is 0 Å². The summed E-state index contributed by atoms with van der Waals surface area (Å²) < 4.78 is 8.51. The van der Waals surface area contributed by atoms with Gasteiger partial charge in [-0.2, -0.15) is 5.26 Å². The fourth-order valence-electron chi connectivity index (χ4n) is 5.35. The average molecular weight is 491 g/mol. The van der Waals surface area contributed by atoms with Gasteiger partial charge in [0.25, 0.3) is 0 Å². The number of nitriles is 1. The number of aliphatic imine (C=N–C) groups is 1. The molecule has 2 aromatic heterocycles. The van der Waals surface area contributed by atoms with Crippen molar-refractivity contribution in [2.24, 2.45) is 10.7 Å². The van der Waals surface area contributed by atoms with E-state index in [0.717, 1.165) is 60.6 Å². The third kappa shape index (κ3) is 3.40. The van der Waals surface area contributed by atoms with Gasteiger partial charge >= 0.3 is 0 Å². The second-order valence-corrected chi connectivity index (χ2v) is 9.34. The van der Waals surface area contributed by atoms with E-state index in [2.05, 4.69) is 47.0 Å². The Balaban J connectivity index is 1.43. The fourth-order valence-corrected chi connectivity index (χ4v) is 5.35. The van der Waals surface area contributed by atoms with Crippen LogP contribution < -0.4 is 5.73 Å². The Hall–Kier alpha value is -5.18. The highest BCUT2D eigenvalue weighted by molar-refractivity contribution is 6.22. The summed E-state index contributed by atoms with van der Waals surface area (Å²) in [5.41, 5.74) is 13.5. The predicted molar refractivity (Wildman–Crippen MR) is 154 cm³/mol. The number of hydrogen-bond acceptors (Lipinski definition) is 4. The van der Waals surface area contributed by atoms with E-state index in [0.29, 0.717) is 5.56 Å². The molecule has 5 nitrogen and oxygen atoms in total. The van der Waals surface area contributed by atoms with Gasteiger partial charge in [-0.1, -0.05) is 72.8 Å². The summed E-state index contributed by atoms with van der Waals surface area (Å²) in [4.78, 5) is 4.95. The third-order valence-electron chi connectivity index (χ3n) is 7.17. The lowest BCUT2D eigenvalue weighted by Crippen LogP contribution is -2.12. The van der Waals surface area contributed by atoms with Gasteiger partial charge in [0.2, 0.25) is 0 Å². The summed E-state index contributed by atoms with van der Waals surface area (Å²) >= 11 is 0. The molecular weight excluding hydrogens is 468 g/mol. The molecule has 1 unspecified atom stereocenters. The van der Waals surface area contributed by atoms with E-state index >= 15 is 0 Å². The SMILES string of the molecule is N#Cc1cccc(C(N)c2ccccc2N=Cn2c3ccccc3c3ccc4c5ccccc5oc4c32)c1. The van der Waals surface area contributed by atoms with Crippen molar-refractivity contribution in [3.05, 3.63) is 126 Å². The number of nitrogens with zero attached hydrogens (tertiary/aromatic N) is 3. The molecule has 0 amide bonds. The number of fused-ring (bicyclic) bond motifs is 7. The van der Waals surface area contributed by atoms with E-state index < -0.39 is 6.04 Å². The molecule has 0 saturated heterocycles. The Morgan fingerprint density at radius 3 is 2.45 bits per heavy atom. The molecule has 0 aliphatic carbocycles. The minimum absolute atomic E-state index is 0.420. The number of furan rings is 1. The number of para-hydroxylation sites is 3. The molecule has 0 bridgehead atoms. The zero-order valence-electron chi connectivity index (χ0n) is 20.4. The quantitative estimate of drug-likeness (QED) is 0.202. The minimum atomic E-state index is -0.420. The van der Waals surface area contributed by atoms with Gasteiger partial charge in [0.1, 0.15) is 11.9 Å². The largest absolute Gasteiger partial charge is 0.454 e. The molecule has 0 spiro atoms. The van der Waals surface area contributed by atoms with E-state index in [1.807, 2.05) is 73.1 Å². The van der Waals surface area contributed by atoms with Crippen molar-refractivity contribution in [2.45, 2.75) is 6.04 Å². The number of nitrogens with two attached hydrogens (primary N) is 1. The van der Waals surface area contributed by atoms with Crippen molar-refractivity contribution in [1.82, 2.24) is 4.57 Å². The summed E-state index contributed by atoms with van der Waals surface area (Å²) in [7, 11) is 0. The van der Waals surface area contributed by atoms with Crippen molar-refractivity contribution in [2.75, 3.05) is 0 Å². The monoisotopic (exact) mass is 490 g/mol. The number of aromatic nitrogens is 1. The number of rotatable bonds is 4. The van der Waals surface area contributed by atoms with Crippen LogP contribution in [0.2, 0.25) is 0 Å². The normalized spacial score (nSPS) is 12.6. The predicted octanol–water partition coefficient (Wildman–Crippen LogP) is 7.82. The lowest BCUT2D eigenvalue weighted by molar-refractivity contribution is 0.671. The van der Waals surface area contributed by atoms with Crippen molar-refractivity contribution in [3.8, 4) is 6.07 Å². The van der Waals surface area contributed by atoms with Gasteiger partial charge in [0, 0.05) is 21.5 Å². The lowest BCUT2D eigenvalue weighted by atomic mass is 9.97. The molecule has 1 atom stereocenters. The zero-order chi connectivity index (χ0) is 25.6. The van der Waals surface area contributed by atoms with E-state index in [4.69, 9.17) is 15.1 Å². The lowest BCUT2D eigenvalue weighted by Gasteiger charge is -2.15. The second kappa shape index (κ2) is 8.74. The van der Waals surface area contributed by atoms with Crippen LogP contribution in [0.25, 0.3) is 43.7 Å². The van der Waals surface area contributed by atoms with Crippen LogP contribution in [0.4, 0.5) is 5.69 Å². The molecule has 2 N–H and O–H groups in total. The first-order valence-corrected chi connectivity index (χ1v) is 12.4. The third-order valence-corrected chi connectivity index (χ3v) is 7.17. The highest BCUT2D eigenvalue weighted by Gasteiger charge is 2.18. The van der Waals surface area contributed by atoms with Gasteiger partial charge < -0.3 is 10.2 Å². The van der Waals surface area contributed by atoms with E-state index in [9.17, 15) is 5.26 Å². The van der Waals surface area contributed by atoms with Gasteiger partial charge in [-0.3, -0.25) is 4.57 Å². The van der Waals surface area contributed by atoms with Crippen LogP contribution in [0.1, 0.15) is 22.7 Å². The summed E-state index contributed by atoms with van der Waals surface area (Å²) in [6.07, 6.45) is 1.86. The van der Waals surface area contributed by atoms with Crippen LogP contribution in [0.5, 0.6) is 0 Å². The van der Waals surface area contributed by atoms with E-state index in [1.54, 1.807) is 6.07 Å². The molecule has 5 heteroatoms. The molecule has 7 rings (SSSR count). The summed E-state index contributed by atoms with van der Waals surface area (Å²) in [5.74, 6) is 0. The van der Waals surface area contributed by atoms with Gasteiger partial charge in [0.05, 0.1) is 34.4 Å². The molecule has 2 heterocycles. The Kier molecular flexibility index (Phi) is 5.07.